The van der Waals surface area contributed by atoms with Crippen LogP contribution in [0.15, 0.2) is 47.4 Å². The Labute approximate surface area is 112 Å². The molecule has 0 saturated carbocycles. The summed E-state index contributed by atoms with van der Waals surface area (Å²) in [5.41, 5.74) is 9.68. The maximum atomic E-state index is 11.9. The lowest BCUT2D eigenvalue weighted by molar-refractivity contribution is 0.689. The molecule has 2 aromatic rings. The minimum absolute atomic E-state index is 0.0292. The summed E-state index contributed by atoms with van der Waals surface area (Å²) in [7, 11) is 1.80. The number of hydrogen-bond acceptors (Lipinski definition) is 3. The predicted molar refractivity (Wildman–Crippen MR) is 75.9 cm³/mol. The SMILES string of the molecule is Cn1cc(C2CNNC2)c(-c2ccccc2)cc1=O. The minimum Gasteiger partial charge on any atom is -0.318 e. The molecule has 0 spiro atoms. The predicted octanol–water partition coefficient (Wildman–Crippen LogP) is 1.24. The Morgan fingerprint density at radius 1 is 1.16 bits per heavy atom. The summed E-state index contributed by atoms with van der Waals surface area (Å²) in [6, 6.07) is 11.8. The molecule has 0 aliphatic carbocycles. The molecule has 0 unspecified atom stereocenters. The van der Waals surface area contributed by atoms with Crippen LogP contribution in [-0.4, -0.2) is 17.7 Å². The third-order valence-electron chi connectivity index (χ3n) is 3.61. The Morgan fingerprint density at radius 3 is 2.53 bits per heavy atom. The zero-order valence-corrected chi connectivity index (χ0v) is 10.9. The van der Waals surface area contributed by atoms with Crippen molar-refractivity contribution in [1.29, 1.82) is 0 Å². The quantitative estimate of drug-likeness (QED) is 0.849. The van der Waals surface area contributed by atoms with E-state index in [1.807, 2.05) is 36.5 Å². The zero-order valence-electron chi connectivity index (χ0n) is 10.9. The first-order valence-electron chi connectivity index (χ1n) is 6.47. The van der Waals surface area contributed by atoms with Gasteiger partial charge < -0.3 is 4.57 Å². The summed E-state index contributed by atoms with van der Waals surface area (Å²) in [6.07, 6.45) is 1.96. The molecular formula is C15H17N3O. The van der Waals surface area contributed by atoms with E-state index in [-0.39, 0.29) is 5.56 Å². The zero-order chi connectivity index (χ0) is 13.2. The third kappa shape index (κ3) is 2.32. The van der Waals surface area contributed by atoms with Gasteiger partial charge >= 0.3 is 0 Å². The summed E-state index contributed by atoms with van der Waals surface area (Å²) < 4.78 is 1.65. The Balaban J connectivity index is 2.16. The van der Waals surface area contributed by atoms with Crippen molar-refractivity contribution in [1.82, 2.24) is 15.4 Å². The number of rotatable bonds is 2. The van der Waals surface area contributed by atoms with Crippen LogP contribution in [0.25, 0.3) is 11.1 Å². The number of aromatic nitrogens is 1. The minimum atomic E-state index is 0.0292. The highest BCUT2D eigenvalue weighted by Crippen LogP contribution is 2.28. The molecule has 3 rings (SSSR count). The number of pyridine rings is 1. The second kappa shape index (κ2) is 4.99. The summed E-state index contributed by atoms with van der Waals surface area (Å²) in [4.78, 5) is 11.9. The number of hydrazine groups is 1. The van der Waals surface area contributed by atoms with Gasteiger partial charge in [0.1, 0.15) is 0 Å². The molecule has 4 heteroatoms. The Kier molecular flexibility index (Phi) is 3.19. The van der Waals surface area contributed by atoms with Crippen LogP contribution in [-0.2, 0) is 7.05 Å². The van der Waals surface area contributed by atoms with Crippen molar-refractivity contribution in [2.24, 2.45) is 7.05 Å². The van der Waals surface area contributed by atoms with Crippen molar-refractivity contribution in [3.8, 4) is 11.1 Å². The number of hydrogen-bond donors (Lipinski definition) is 2. The largest absolute Gasteiger partial charge is 0.318 e. The summed E-state index contributed by atoms with van der Waals surface area (Å²) >= 11 is 0. The van der Waals surface area contributed by atoms with Crippen LogP contribution in [0.3, 0.4) is 0 Å². The lowest BCUT2D eigenvalue weighted by Gasteiger charge is -2.15. The Hall–Kier alpha value is -1.91. The molecule has 2 N–H and O–H groups in total. The molecule has 19 heavy (non-hydrogen) atoms. The first-order chi connectivity index (χ1) is 9.25. The summed E-state index contributed by atoms with van der Waals surface area (Å²) in [6.45, 7) is 1.77. The molecule has 4 nitrogen and oxygen atoms in total. The molecule has 0 bridgehead atoms. The first kappa shape index (κ1) is 12.1. The third-order valence-corrected chi connectivity index (χ3v) is 3.61. The van der Waals surface area contributed by atoms with Gasteiger partial charge in [0.2, 0.25) is 0 Å². The molecule has 98 valence electrons. The van der Waals surface area contributed by atoms with Crippen LogP contribution in [0.4, 0.5) is 0 Å². The van der Waals surface area contributed by atoms with E-state index >= 15 is 0 Å². The second-order valence-corrected chi connectivity index (χ2v) is 4.92. The molecule has 2 heterocycles. The van der Waals surface area contributed by atoms with Gasteiger partial charge in [-0.3, -0.25) is 15.6 Å². The van der Waals surface area contributed by atoms with E-state index in [2.05, 4.69) is 10.9 Å². The maximum absolute atomic E-state index is 11.9. The van der Waals surface area contributed by atoms with Gasteiger partial charge in [-0.05, 0) is 16.7 Å². The highest BCUT2D eigenvalue weighted by atomic mass is 16.1. The average molecular weight is 255 g/mol. The van der Waals surface area contributed by atoms with Crippen LogP contribution in [0.2, 0.25) is 0 Å². The fraction of sp³-hybridized carbons (Fsp3) is 0.267. The van der Waals surface area contributed by atoms with Crippen LogP contribution in [0, 0.1) is 0 Å². The summed E-state index contributed by atoms with van der Waals surface area (Å²) in [5.74, 6) is 0.391. The van der Waals surface area contributed by atoms with E-state index in [0.717, 1.165) is 24.2 Å². The topological polar surface area (TPSA) is 46.1 Å². The van der Waals surface area contributed by atoms with Gasteiger partial charge in [0.05, 0.1) is 0 Å². The fourth-order valence-electron chi connectivity index (χ4n) is 2.53. The molecular weight excluding hydrogens is 238 g/mol. The van der Waals surface area contributed by atoms with Crippen molar-refractivity contribution >= 4 is 0 Å². The van der Waals surface area contributed by atoms with Crippen molar-refractivity contribution in [2.45, 2.75) is 5.92 Å². The van der Waals surface area contributed by atoms with Crippen molar-refractivity contribution in [3.63, 3.8) is 0 Å². The highest BCUT2D eigenvalue weighted by molar-refractivity contribution is 5.67. The van der Waals surface area contributed by atoms with Crippen molar-refractivity contribution < 1.29 is 0 Å². The van der Waals surface area contributed by atoms with Crippen LogP contribution < -0.4 is 16.4 Å². The van der Waals surface area contributed by atoms with Crippen molar-refractivity contribution in [2.75, 3.05) is 13.1 Å². The molecule has 1 aromatic heterocycles. The lowest BCUT2D eigenvalue weighted by atomic mass is 9.92. The molecule has 1 aliphatic heterocycles. The van der Waals surface area contributed by atoms with E-state index in [1.165, 1.54) is 5.56 Å². The Bertz CT molecular complexity index is 628. The van der Waals surface area contributed by atoms with Gasteiger partial charge in [0.25, 0.3) is 5.56 Å². The maximum Gasteiger partial charge on any atom is 0.250 e. The fourth-order valence-corrected chi connectivity index (χ4v) is 2.53. The number of benzene rings is 1. The first-order valence-corrected chi connectivity index (χ1v) is 6.47. The van der Waals surface area contributed by atoms with Gasteiger partial charge in [-0.15, -0.1) is 0 Å². The normalized spacial score (nSPS) is 15.8. The van der Waals surface area contributed by atoms with E-state index < -0.39 is 0 Å². The smallest absolute Gasteiger partial charge is 0.250 e. The monoisotopic (exact) mass is 255 g/mol. The molecule has 1 saturated heterocycles. The van der Waals surface area contributed by atoms with Gasteiger partial charge in [0, 0.05) is 38.3 Å². The van der Waals surface area contributed by atoms with Gasteiger partial charge in [-0.2, -0.15) is 0 Å². The molecule has 1 aromatic carbocycles. The number of aryl methyl sites for hydroxylation is 1. The highest BCUT2D eigenvalue weighted by Gasteiger charge is 2.21. The van der Waals surface area contributed by atoms with Gasteiger partial charge in [0.15, 0.2) is 0 Å². The van der Waals surface area contributed by atoms with E-state index in [1.54, 1.807) is 17.7 Å². The average Bonchev–Trinajstić information content (AvgIpc) is 2.96. The second-order valence-electron chi connectivity index (χ2n) is 4.92. The molecule has 0 amide bonds. The number of nitrogens with zero attached hydrogens (tertiary/aromatic N) is 1. The molecule has 1 aliphatic rings. The molecule has 0 radical (unpaired) electrons. The standard InChI is InChI=1S/C15H17N3O/c1-18-10-14(12-8-16-17-9-12)13(7-15(18)19)11-5-3-2-4-6-11/h2-7,10,12,16-17H,8-9H2,1H3. The molecule has 0 atom stereocenters. The van der Waals surface area contributed by atoms with Gasteiger partial charge in [-0.1, -0.05) is 30.3 Å². The molecule has 1 fully saturated rings. The van der Waals surface area contributed by atoms with Crippen LogP contribution >= 0.6 is 0 Å². The van der Waals surface area contributed by atoms with Crippen LogP contribution in [0.1, 0.15) is 11.5 Å². The van der Waals surface area contributed by atoms with E-state index in [0.29, 0.717) is 5.92 Å². The lowest BCUT2D eigenvalue weighted by Crippen LogP contribution is -2.21. The van der Waals surface area contributed by atoms with Crippen molar-refractivity contribution in [3.05, 3.63) is 58.5 Å². The van der Waals surface area contributed by atoms with E-state index in [9.17, 15) is 4.79 Å². The Morgan fingerprint density at radius 2 is 1.84 bits per heavy atom. The van der Waals surface area contributed by atoms with Gasteiger partial charge in [-0.25, -0.2) is 0 Å². The number of nitrogens with one attached hydrogen (secondary N) is 2. The summed E-state index contributed by atoms with van der Waals surface area (Å²) in [5, 5.41) is 0. The van der Waals surface area contributed by atoms with Crippen LogP contribution in [0.5, 0.6) is 0 Å². The van der Waals surface area contributed by atoms with E-state index in [4.69, 9.17) is 0 Å².